The zero-order valence-electron chi connectivity index (χ0n) is 9.21. The fraction of sp³-hybridized carbons (Fsp3) is 0.545. The van der Waals surface area contributed by atoms with Crippen LogP contribution in [0, 0.1) is 6.92 Å². The number of pyridine rings is 1. The topological polar surface area (TPSA) is 51.3 Å². The van der Waals surface area contributed by atoms with Gasteiger partial charge in [-0.3, -0.25) is 4.79 Å². The average molecular weight is 211 g/mol. The van der Waals surface area contributed by atoms with Crippen LogP contribution in [-0.4, -0.2) is 25.3 Å². The molecule has 0 unspecified atom stereocenters. The van der Waals surface area contributed by atoms with Crippen LogP contribution in [0.3, 0.4) is 0 Å². The molecule has 1 rings (SSSR count). The maximum Gasteiger partial charge on any atom is 0.254 e. The summed E-state index contributed by atoms with van der Waals surface area (Å²) in [7, 11) is 1.68. The first-order valence-electron chi connectivity index (χ1n) is 5.05. The summed E-state index contributed by atoms with van der Waals surface area (Å²) in [5, 5.41) is 0. The van der Waals surface area contributed by atoms with Crippen LogP contribution in [0.25, 0.3) is 0 Å². The number of hydrogen-bond acceptors (Lipinski definition) is 3. The van der Waals surface area contributed by atoms with E-state index in [9.17, 15) is 4.79 Å². The molecular weight excluding hydrogens is 194 g/mol. The Morgan fingerprint density at radius 1 is 1.33 bits per heavy atom. The van der Waals surface area contributed by atoms with E-state index >= 15 is 0 Å². The summed E-state index contributed by atoms with van der Waals surface area (Å²) in [6, 6.07) is 1.77. The summed E-state index contributed by atoms with van der Waals surface area (Å²) in [5.41, 5.74) is 0.536. The van der Waals surface area contributed by atoms with Crippen molar-refractivity contribution in [3.05, 3.63) is 28.2 Å². The minimum atomic E-state index is -0.0932. The average Bonchev–Trinajstić information content (AvgIpc) is 2.24. The molecule has 1 aromatic rings. The molecule has 0 aliphatic carbocycles. The molecule has 0 aliphatic heterocycles. The molecule has 0 amide bonds. The predicted octanol–water partition coefficient (Wildman–Crippen LogP) is 1.49. The first-order valence-corrected chi connectivity index (χ1v) is 5.05. The lowest BCUT2D eigenvalue weighted by Gasteiger charge is -2.07. The van der Waals surface area contributed by atoms with Crippen LogP contribution in [0.4, 0.5) is 0 Å². The third-order valence-electron chi connectivity index (χ3n) is 2.16. The maximum absolute atomic E-state index is 11.2. The van der Waals surface area contributed by atoms with Gasteiger partial charge in [0.1, 0.15) is 5.75 Å². The second kappa shape index (κ2) is 6.24. The normalized spacial score (nSPS) is 10.3. The molecule has 0 radical (unpaired) electrons. The van der Waals surface area contributed by atoms with Gasteiger partial charge in [0.05, 0.1) is 12.2 Å². The van der Waals surface area contributed by atoms with Crippen LogP contribution in [0.2, 0.25) is 0 Å². The first-order chi connectivity index (χ1) is 7.25. The molecule has 0 aromatic carbocycles. The summed E-state index contributed by atoms with van der Waals surface area (Å²) < 4.78 is 10.4. The second-order valence-corrected chi connectivity index (χ2v) is 3.34. The van der Waals surface area contributed by atoms with Crippen LogP contribution in [0.5, 0.6) is 5.75 Å². The van der Waals surface area contributed by atoms with Crippen molar-refractivity contribution < 1.29 is 9.47 Å². The fourth-order valence-corrected chi connectivity index (χ4v) is 1.23. The van der Waals surface area contributed by atoms with Gasteiger partial charge in [-0.25, -0.2) is 0 Å². The van der Waals surface area contributed by atoms with Crippen LogP contribution in [-0.2, 0) is 4.74 Å². The largest absolute Gasteiger partial charge is 0.493 e. The lowest BCUT2D eigenvalue weighted by molar-refractivity contribution is 0.184. The highest BCUT2D eigenvalue weighted by molar-refractivity contribution is 5.28. The molecule has 0 bridgehead atoms. The Hall–Kier alpha value is -1.29. The predicted molar refractivity (Wildman–Crippen MR) is 58.4 cm³/mol. The van der Waals surface area contributed by atoms with Crippen molar-refractivity contribution in [1.29, 1.82) is 0 Å². The van der Waals surface area contributed by atoms with Crippen molar-refractivity contribution in [3.63, 3.8) is 0 Å². The van der Waals surface area contributed by atoms with E-state index in [0.717, 1.165) is 19.4 Å². The number of H-pyrrole nitrogens is 1. The van der Waals surface area contributed by atoms with Crippen LogP contribution >= 0.6 is 0 Å². The number of aromatic amines is 1. The Morgan fingerprint density at radius 2 is 2.07 bits per heavy atom. The van der Waals surface area contributed by atoms with Gasteiger partial charge < -0.3 is 14.5 Å². The van der Waals surface area contributed by atoms with Crippen molar-refractivity contribution >= 4 is 0 Å². The van der Waals surface area contributed by atoms with E-state index in [1.54, 1.807) is 26.3 Å². The molecule has 0 saturated heterocycles. The third kappa shape index (κ3) is 3.75. The number of aromatic nitrogens is 1. The van der Waals surface area contributed by atoms with Crippen molar-refractivity contribution in [2.24, 2.45) is 0 Å². The Morgan fingerprint density at radius 3 is 2.80 bits per heavy atom. The van der Waals surface area contributed by atoms with Gasteiger partial charge in [-0.2, -0.15) is 0 Å². The van der Waals surface area contributed by atoms with E-state index in [0.29, 0.717) is 17.9 Å². The monoisotopic (exact) mass is 211 g/mol. The van der Waals surface area contributed by atoms with E-state index in [1.807, 2.05) is 0 Å². The summed E-state index contributed by atoms with van der Waals surface area (Å²) in [6.45, 7) is 3.12. The number of hydrogen-bond donors (Lipinski definition) is 1. The van der Waals surface area contributed by atoms with E-state index in [2.05, 4.69) is 4.98 Å². The van der Waals surface area contributed by atoms with E-state index in [1.165, 1.54) is 0 Å². The van der Waals surface area contributed by atoms with Crippen molar-refractivity contribution in [1.82, 2.24) is 4.98 Å². The Kier molecular flexibility index (Phi) is 4.90. The molecule has 0 atom stereocenters. The second-order valence-electron chi connectivity index (χ2n) is 3.34. The standard InChI is InChI=1S/C11H17NO3/c1-9-10(5-6-12-11(9)13)15-8-4-3-7-14-2/h5-6H,3-4,7-8H2,1-2H3,(H,12,13). The van der Waals surface area contributed by atoms with Gasteiger partial charge in [-0.05, 0) is 25.8 Å². The molecule has 0 fully saturated rings. The number of ether oxygens (including phenoxy) is 2. The molecule has 15 heavy (non-hydrogen) atoms. The smallest absolute Gasteiger partial charge is 0.254 e. The fourth-order valence-electron chi connectivity index (χ4n) is 1.23. The lowest BCUT2D eigenvalue weighted by atomic mass is 10.3. The van der Waals surface area contributed by atoms with Crippen LogP contribution < -0.4 is 10.3 Å². The van der Waals surface area contributed by atoms with Crippen LogP contribution in [0.15, 0.2) is 17.1 Å². The molecule has 1 heterocycles. The zero-order chi connectivity index (χ0) is 11.1. The Bertz CT molecular complexity index is 346. The molecule has 0 spiro atoms. The van der Waals surface area contributed by atoms with Gasteiger partial charge in [-0.1, -0.05) is 0 Å². The zero-order valence-corrected chi connectivity index (χ0v) is 9.21. The van der Waals surface area contributed by atoms with Gasteiger partial charge in [0.2, 0.25) is 0 Å². The van der Waals surface area contributed by atoms with Gasteiger partial charge in [0, 0.05) is 19.9 Å². The van der Waals surface area contributed by atoms with Crippen molar-refractivity contribution in [3.8, 4) is 5.75 Å². The minimum Gasteiger partial charge on any atom is -0.493 e. The SMILES string of the molecule is COCCCCOc1cc[nH]c(=O)c1C. The molecule has 1 aromatic heterocycles. The van der Waals surface area contributed by atoms with E-state index in [-0.39, 0.29) is 5.56 Å². The van der Waals surface area contributed by atoms with Gasteiger partial charge >= 0.3 is 0 Å². The highest BCUT2D eigenvalue weighted by Gasteiger charge is 2.01. The van der Waals surface area contributed by atoms with Crippen LogP contribution in [0.1, 0.15) is 18.4 Å². The molecule has 0 saturated carbocycles. The Balaban J connectivity index is 2.38. The van der Waals surface area contributed by atoms with Gasteiger partial charge in [-0.15, -0.1) is 0 Å². The molecule has 84 valence electrons. The highest BCUT2D eigenvalue weighted by Crippen LogP contribution is 2.11. The number of rotatable bonds is 6. The summed E-state index contributed by atoms with van der Waals surface area (Å²) in [4.78, 5) is 13.8. The molecule has 1 N–H and O–H groups in total. The summed E-state index contributed by atoms with van der Waals surface area (Å²) >= 11 is 0. The van der Waals surface area contributed by atoms with Crippen molar-refractivity contribution in [2.75, 3.05) is 20.3 Å². The number of unbranched alkanes of at least 4 members (excludes halogenated alkanes) is 1. The summed E-state index contributed by atoms with van der Waals surface area (Å²) in [5.74, 6) is 0.663. The Labute approximate surface area is 89.2 Å². The van der Waals surface area contributed by atoms with Gasteiger partial charge in [0.15, 0.2) is 0 Å². The number of methoxy groups -OCH3 is 1. The highest BCUT2D eigenvalue weighted by atomic mass is 16.5. The quantitative estimate of drug-likeness (QED) is 0.725. The van der Waals surface area contributed by atoms with Gasteiger partial charge in [0.25, 0.3) is 5.56 Å². The first kappa shape index (κ1) is 11.8. The molecule has 4 heteroatoms. The van der Waals surface area contributed by atoms with E-state index < -0.39 is 0 Å². The molecule has 0 aliphatic rings. The number of nitrogens with one attached hydrogen (secondary N) is 1. The lowest BCUT2D eigenvalue weighted by Crippen LogP contribution is -2.11. The van der Waals surface area contributed by atoms with E-state index in [4.69, 9.17) is 9.47 Å². The molecular formula is C11H17NO3. The third-order valence-corrected chi connectivity index (χ3v) is 2.16. The van der Waals surface area contributed by atoms with Crippen molar-refractivity contribution in [2.45, 2.75) is 19.8 Å². The molecule has 4 nitrogen and oxygen atoms in total. The summed E-state index contributed by atoms with van der Waals surface area (Å²) in [6.07, 6.45) is 3.50. The maximum atomic E-state index is 11.2. The minimum absolute atomic E-state index is 0.0932.